The number of rotatable bonds is 27. The van der Waals surface area contributed by atoms with E-state index in [4.69, 9.17) is 42.1 Å². The van der Waals surface area contributed by atoms with Crippen molar-refractivity contribution < 1.29 is 28.5 Å². The summed E-state index contributed by atoms with van der Waals surface area (Å²) < 4.78 is 24.4. The number of amides is 2. The molecule has 81 heavy (non-hydrogen) atoms. The van der Waals surface area contributed by atoms with E-state index in [0.29, 0.717) is 121 Å². The van der Waals surface area contributed by atoms with Crippen LogP contribution >= 0.6 is 23.2 Å². The van der Waals surface area contributed by atoms with E-state index in [1.807, 2.05) is 93.5 Å². The number of benzene rings is 4. The third kappa shape index (κ3) is 16.6. The highest BCUT2D eigenvalue weighted by molar-refractivity contribution is 6.33. The van der Waals surface area contributed by atoms with Crippen LogP contribution in [0, 0.1) is 40.4 Å². The Morgan fingerprint density at radius 3 is 1.95 bits per heavy atom. The average molecular weight is 1150 g/mol. The lowest BCUT2D eigenvalue weighted by Crippen LogP contribution is -2.44. The van der Waals surface area contributed by atoms with Crippen LogP contribution in [0.5, 0.6) is 23.0 Å². The van der Waals surface area contributed by atoms with Gasteiger partial charge in [0.1, 0.15) is 36.2 Å². The molecule has 2 fully saturated rings. The van der Waals surface area contributed by atoms with Crippen LogP contribution in [0.15, 0.2) is 60.7 Å². The quantitative estimate of drug-likeness (QED) is 0.0278. The molecule has 7 unspecified atom stereocenters. The first kappa shape index (κ1) is 60.7. The molecule has 0 aliphatic carbocycles. The second-order valence-electron chi connectivity index (χ2n) is 21.8. The van der Waals surface area contributed by atoms with E-state index in [1.54, 1.807) is 0 Å². The van der Waals surface area contributed by atoms with E-state index in [9.17, 15) is 20.1 Å². The fourth-order valence-electron chi connectivity index (χ4n) is 10.8. The summed E-state index contributed by atoms with van der Waals surface area (Å²) in [6.45, 7) is 13.7. The van der Waals surface area contributed by atoms with Gasteiger partial charge >= 0.3 is 0 Å². The lowest BCUT2D eigenvalue weighted by atomic mass is 9.88. The maximum Gasteiger partial charge on any atom is 0.224 e. The van der Waals surface area contributed by atoms with Gasteiger partial charge in [0.15, 0.2) is 0 Å². The predicted molar refractivity (Wildman–Crippen MR) is 322 cm³/mol. The van der Waals surface area contributed by atoms with Gasteiger partial charge in [0.2, 0.25) is 11.8 Å². The lowest BCUT2D eigenvalue weighted by Gasteiger charge is -2.33. The number of hydrazine groups is 1. The van der Waals surface area contributed by atoms with E-state index in [1.165, 1.54) is 12.8 Å². The molecule has 4 aliphatic rings. The highest BCUT2D eigenvalue weighted by Crippen LogP contribution is 2.45. The van der Waals surface area contributed by atoms with Crippen LogP contribution in [0.25, 0.3) is 0 Å². The van der Waals surface area contributed by atoms with E-state index >= 15 is 0 Å². The van der Waals surface area contributed by atoms with Crippen molar-refractivity contribution in [3.8, 4) is 35.1 Å². The highest BCUT2D eigenvalue weighted by atomic mass is 35.5. The molecule has 8 N–H and O–H groups in total. The summed E-state index contributed by atoms with van der Waals surface area (Å²) in [6, 6.07) is 23.2. The number of piperidine rings is 1. The van der Waals surface area contributed by atoms with Crippen LogP contribution in [0.2, 0.25) is 10.0 Å². The lowest BCUT2D eigenvalue weighted by molar-refractivity contribution is -0.117. The van der Waals surface area contributed by atoms with Gasteiger partial charge in [-0.3, -0.25) is 9.59 Å². The number of nitrogens with one attached hydrogen (secondary N) is 8. The number of nitrogens with zero attached hydrogens (tertiary/aromatic N) is 5. The van der Waals surface area contributed by atoms with Crippen LogP contribution < -0.4 is 61.6 Å². The average Bonchev–Trinajstić information content (AvgIpc) is 3.91. The normalized spacial score (nSPS) is 21.3. The first-order valence-corrected chi connectivity index (χ1v) is 29.4. The largest absolute Gasteiger partial charge is 0.492 e. The highest BCUT2D eigenvalue weighted by Gasteiger charge is 2.34. The standard InChI is InChI=1S/C60H81Cl2N13O6/c1-7-78-55-30-49-44(28-51(55)69-57(76)13-10-21-73(4)5)59(39(32-63)34-66-49)68-41-15-18-54(47(62)26-41)81-36-42-19-23-75(72-42)25-24-74(6)22-11-14-58(77)70-52-29-45-50(31-56(52)79-8-2)67-35-40(33-64)60(45)71-48-17-16-43(27-46(48)61)80-37-53-38(3)12-9-20-65-53/h15-18,26-31,38-40,42,53,59-60,65-68,71-72H,7-14,19-25,34-37H2,1-6H3,(H,69,76)(H,70,77). The number of ether oxygens (including phenoxy) is 4. The van der Waals surface area contributed by atoms with Crippen molar-refractivity contribution in [2.45, 2.75) is 89.9 Å². The number of hydrogen-bond donors (Lipinski definition) is 8. The second kappa shape index (κ2) is 29.5. The summed E-state index contributed by atoms with van der Waals surface area (Å²) in [5, 5.41) is 47.2. The second-order valence-corrected chi connectivity index (χ2v) is 22.6. The Kier molecular flexibility index (Phi) is 22.1. The fourth-order valence-corrected chi connectivity index (χ4v) is 11.3. The van der Waals surface area contributed by atoms with Crippen LogP contribution in [0.1, 0.15) is 88.9 Å². The van der Waals surface area contributed by atoms with E-state index < -0.39 is 23.9 Å². The number of carbonyl (C=O) groups is 2. The van der Waals surface area contributed by atoms with Crippen molar-refractivity contribution in [3.63, 3.8) is 0 Å². The molecule has 4 aromatic carbocycles. The molecule has 0 saturated carbocycles. The van der Waals surface area contributed by atoms with Crippen molar-refractivity contribution in [2.24, 2.45) is 17.8 Å². The summed E-state index contributed by atoms with van der Waals surface area (Å²) in [6.07, 6.45) is 5.33. The van der Waals surface area contributed by atoms with Crippen molar-refractivity contribution in [3.05, 3.63) is 81.8 Å². The Morgan fingerprint density at radius 2 is 1.36 bits per heavy atom. The number of likely N-dealkylation sites (N-methyl/N-ethyl adjacent to an activating group) is 1. The molecular weight excluding hydrogens is 1070 g/mol. The number of hydrogen-bond acceptors (Lipinski definition) is 17. The maximum atomic E-state index is 13.5. The topological polar surface area (TPSA) is 225 Å². The SMILES string of the molecule is CCOc1cc2c(cc1NC(=O)CCCN(C)C)C(Nc1ccc(OCC3CCN(CCN(C)CCCC(=O)Nc4cc5c(cc4OCC)NCC(C#N)C5Nc4ccc(OCC5NCCCC5C)cc4Cl)N3)c(Cl)c1)C(C#N)CN2. The number of fused-ring (bicyclic) bond motifs is 2. The summed E-state index contributed by atoms with van der Waals surface area (Å²) in [5.74, 6) is 1.85. The zero-order valence-electron chi connectivity index (χ0n) is 47.7. The van der Waals surface area contributed by atoms with Gasteiger partial charge < -0.3 is 66.0 Å². The molecular formula is C60H81Cl2N13O6. The minimum Gasteiger partial charge on any atom is -0.492 e. The Hall–Kier alpha value is -6.42. The zero-order valence-corrected chi connectivity index (χ0v) is 49.2. The van der Waals surface area contributed by atoms with Crippen LogP contribution in [0.4, 0.5) is 34.1 Å². The number of anilines is 6. The van der Waals surface area contributed by atoms with Gasteiger partial charge in [0.25, 0.3) is 0 Å². The predicted octanol–water partition coefficient (Wildman–Crippen LogP) is 9.58. The Balaban J connectivity index is 0.785. The molecule has 8 rings (SSSR count). The van der Waals surface area contributed by atoms with Crippen molar-refractivity contribution >= 4 is 69.1 Å². The molecule has 19 nitrogen and oxygen atoms in total. The van der Waals surface area contributed by atoms with Gasteiger partial charge in [-0.05, 0) is 135 Å². The smallest absolute Gasteiger partial charge is 0.224 e. The van der Waals surface area contributed by atoms with Gasteiger partial charge in [-0.2, -0.15) is 10.5 Å². The van der Waals surface area contributed by atoms with Gasteiger partial charge in [-0.1, -0.05) is 30.1 Å². The Bertz CT molecular complexity index is 2870. The van der Waals surface area contributed by atoms with E-state index in [0.717, 1.165) is 80.3 Å². The summed E-state index contributed by atoms with van der Waals surface area (Å²) in [4.78, 5) is 30.8. The zero-order chi connectivity index (χ0) is 57.4. The van der Waals surface area contributed by atoms with Gasteiger partial charge in [-0.25, -0.2) is 10.4 Å². The molecule has 0 spiro atoms. The molecule has 0 radical (unpaired) electrons. The van der Waals surface area contributed by atoms with E-state index in [-0.39, 0.29) is 17.9 Å². The van der Waals surface area contributed by atoms with Crippen molar-refractivity contribution in [2.75, 3.05) is 132 Å². The van der Waals surface area contributed by atoms with Gasteiger partial charge in [0, 0.05) is 98.0 Å². The number of nitriles is 2. The van der Waals surface area contributed by atoms with Crippen molar-refractivity contribution in [1.82, 2.24) is 25.6 Å². The summed E-state index contributed by atoms with van der Waals surface area (Å²) in [5.41, 5.74) is 9.44. The number of carbonyl (C=O) groups excluding carboxylic acids is 2. The Morgan fingerprint density at radius 1 is 0.716 bits per heavy atom. The molecule has 4 aliphatic heterocycles. The maximum absolute atomic E-state index is 13.5. The fraction of sp³-hybridized carbons (Fsp3) is 0.533. The molecule has 2 saturated heterocycles. The first-order valence-electron chi connectivity index (χ1n) is 28.7. The Labute approximate surface area is 488 Å². The molecule has 0 aromatic heterocycles. The summed E-state index contributed by atoms with van der Waals surface area (Å²) >= 11 is 13.7. The van der Waals surface area contributed by atoms with Crippen LogP contribution in [-0.4, -0.2) is 139 Å². The molecule has 0 bridgehead atoms. The molecule has 21 heteroatoms. The van der Waals surface area contributed by atoms with Gasteiger partial charge in [-0.15, -0.1) is 0 Å². The molecule has 436 valence electrons. The molecule has 7 atom stereocenters. The van der Waals surface area contributed by atoms with E-state index in [2.05, 4.69) is 78.7 Å². The minimum absolute atomic E-state index is 0.0970. The molecule has 4 aromatic rings. The molecule has 2 amide bonds. The monoisotopic (exact) mass is 1150 g/mol. The van der Waals surface area contributed by atoms with Crippen LogP contribution in [0.3, 0.4) is 0 Å². The summed E-state index contributed by atoms with van der Waals surface area (Å²) in [7, 11) is 6.03. The van der Waals surface area contributed by atoms with Gasteiger partial charge in [0.05, 0.1) is 82.4 Å². The molecule has 4 heterocycles. The van der Waals surface area contributed by atoms with Crippen LogP contribution in [-0.2, 0) is 9.59 Å². The third-order valence-corrected chi connectivity index (χ3v) is 16.0. The first-order chi connectivity index (χ1) is 39.2. The minimum atomic E-state index is -0.424. The van der Waals surface area contributed by atoms with Crippen molar-refractivity contribution in [1.29, 1.82) is 10.5 Å². The number of halogens is 2. The third-order valence-electron chi connectivity index (χ3n) is 15.4.